The summed E-state index contributed by atoms with van der Waals surface area (Å²) in [5.41, 5.74) is 2.87. The molecule has 0 saturated carbocycles. The van der Waals surface area contributed by atoms with Gasteiger partial charge in [0.2, 0.25) is 5.91 Å². The lowest BCUT2D eigenvalue weighted by Gasteiger charge is -2.45. The van der Waals surface area contributed by atoms with E-state index in [1.165, 1.54) is 5.56 Å². The predicted octanol–water partition coefficient (Wildman–Crippen LogP) is 2.88. The number of ether oxygens (including phenoxy) is 1. The van der Waals surface area contributed by atoms with Crippen LogP contribution in [0.1, 0.15) is 36.9 Å². The Bertz CT molecular complexity index is 901. The van der Waals surface area contributed by atoms with Gasteiger partial charge < -0.3 is 14.5 Å². The summed E-state index contributed by atoms with van der Waals surface area (Å²) in [6.45, 7) is 4.22. The van der Waals surface area contributed by atoms with E-state index >= 15 is 0 Å². The number of carbonyl (C=O) groups is 1. The van der Waals surface area contributed by atoms with Crippen LogP contribution in [0.15, 0.2) is 36.5 Å². The van der Waals surface area contributed by atoms with Gasteiger partial charge in [-0.2, -0.15) is 0 Å². The van der Waals surface area contributed by atoms with Gasteiger partial charge in [0, 0.05) is 30.8 Å². The lowest BCUT2D eigenvalue weighted by atomic mass is 9.82. The van der Waals surface area contributed by atoms with Crippen molar-refractivity contribution in [2.24, 2.45) is 5.92 Å². The smallest absolute Gasteiger partial charge is 0.225 e. The van der Waals surface area contributed by atoms with Gasteiger partial charge in [0.05, 0.1) is 12.3 Å². The van der Waals surface area contributed by atoms with Crippen LogP contribution < -0.4 is 0 Å². The fraction of sp³-hybridized carbons (Fsp3) is 0.542. The number of benzene rings is 1. The normalized spacial score (nSPS) is 22.1. The van der Waals surface area contributed by atoms with E-state index in [-0.39, 0.29) is 11.5 Å². The Morgan fingerprint density at radius 2 is 1.83 bits per heavy atom. The average molecular weight is 407 g/mol. The highest BCUT2D eigenvalue weighted by molar-refractivity contribution is 5.79. The minimum Gasteiger partial charge on any atom is -0.368 e. The first kappa shape index (κ1) is 19.6. The molecule has 1 spiro atoms. The van der Waals surface area contributed by atoms with Crippen LogP contribution in [0.3, 0.4) is 0 Å². The van der Waals surface area contributed by atoms with Crippen molar-refractivity contribution in [3.63, 3.8) is 0 Å². The maximum absolute atomic E-state index is 13.1. The van der Waals surface area contributed by atoms with Gasteiger partial charge in [0.1, 0.15) is 5.60 Å². The number of likely N-dealkylation sites (tertiary alicyclic amines) is 2. The Labute approximate surface area is 178 Å². The zero-order valence-electron chi connectivity index (χ0n) is 17.7. The van der Waals surface area contributed by atoms with Gasteiger partial charge >= 0.3 is 0 Å². The molecule has 3 aliphatic rings. The molecule has 1 amide bonds. The first-order valence-corrected chi connectivity index (χ1v) is 11.2. The van der Waals surface area contributed by atoms with Gasteiger partial charge in [-0.05, 0) is 57.8 Å². The summed E-state index contributed by atoms with van der Waals surface area (Å²) in [7, 11) is 2.13. The minimum atomic E-state index is -0.385. The molecule has 158 valence electrons. The second-order valence-electron chi connectivity index (χ2n) is 8.93. The van der Waals surface area contributed by atoms with E-state index in [4.69, 9.17) is 9.72 Å². The fourth-order valence-electron chi connectivity index (χ4n) is 5.12. The maximum atomic E-state index is 13.1. The minimum absolute atomic E-state index is 0.182. The molecular formula is C24H30N4O2. The molecule has 6 nitrogen and oxygen atoms in total. The number of carbonyl (C=O) groups excluding carboxylic acids is 1. The van der Waals surface area contributed by atoms with Gasteiger partial charge in [-0.1, -0.05) is 30.3 Å². The molecule has 0 atom stereocenters. The summed E-state index contributed by atoms with van der Waals surface area (Å²) in [4.78, 5) is 27.0. The SMILES string of the molecule is CN1CCC(C(=O)N2CCC3(CC2)OCCc2cnc(-c4ccccc4)nc23)CC1. The molecule has 3 aliphatic heterocycles. The van der Waals surface area contributed by atoms with Crippen LogP contribution in [0.5, 0.6) is 0 Å². The topological polar surface area (TPSA) is 58.6 Å². The van der Waals surface area contributed by atoms with Gasteiger partial charge in [-0.15, -0.1) is 0 Å². The first-order chi connectivity index (χ1) is 14.6. The van der Waals surface area contributed by atoms with Crippen molar-refractivity contribution in [2.45, 2.75) is 37.7 Å². The summed E-state index contributed by atoms with van der Waals surface area (Å²) in [5.74, 6) is 1.27. The number of nitrogens with zero attached hydrogens (tertiary/aromatic N) is 4. The molecular weight excluding hydrogens is 376 g/mol. The summed E-state index contributed by atoms with van der Waals surface area (Å²) in [6.07, 6.45) is 6.40. The van der Waals surface area contributed by atoms with E-state index in [1.807, 2.05) is 36.5 Å². The lowest BCUT2D eigenvalue weighted by molar-refractivity contribution is -0.146. The third kappa shape index (κ3) is 3.63. The highest BCUT2D eigenvalue weighted by atomic mass is 16.5. The molecule has 1 aromatic carbocycles. The first-order valence-electron chi connectivity index (χ1n) is 11.2. The molecule has 0 aliphatic carbocycles. The Morgan fingerprint density at radius 3 is 2.57 bits per heavy atom. The van der Waals surface area contributed by atoms with Crippen LogP contribution in [0, 0.1) is 5.92 Å². The molecule has 2 saturated heterocycles. The second kappa shape index (κ2) is 8.08. The van der Waals surface area contributed by atoms with Crippen molar-refractivity contribution >= 4 is 5.91 Å². The molecule has 5 rings (SSSR count). The van der Waals surface area contributed by atoms with E-state index in [1.54, 1.807) is 0 Å². The van der Waals surface area contributed by atoms with Gasteiger partial charge in [0.25, 0.3) is 0 Å². The number of amides is 1. The highest BCUT2D eigenvalue weighted by Crippen LogP contribution is 2.41. The third-order valence-corrected chi connectivity index (χ3v) is 7.03. The summed E-state index contributed by atoms with van der Waals surface area (Å²) in [6, 6.07) is 10.1. The van der Waals surface area contributed by atoms with Crippen LogP contribution in [-0.2, 0) is 21.6 Å². The molecule has 0 radical (unpaired) electrons. The number of rotatable bonds is 2. The number of hydrogen-bond acceptors (Lipinski definition) is 5. The molecule has 0 bridgehead atoms. The largest absolute Gasteiger partial charge is 0.368 e. The Kier molecular flexibility index (Phi) is 5.29. The lowest BCUT2D eigenvalue weighted by Crippen LogP contribution is -2.51. The standard InChI is InChI=1S/C24H30N4O2/c1-27-12-7-19(8-13-27)23(29)28-14-10-24(11-15-28)21-20(9-16-30-24)17-25-22(26-21)18-5-3-2-4-6-18/h2-6,17,19H,7-16H2,1H3. The van der Waals surface area contributed by atoms with E-state index in [9.17, 15) is 4.79 Å². The van der Waals surface area contributed by atoms with Crippen LogP contribution >= 0.6 is 0 Å². The van der Waals surface area contributed by atoms with Crippen molar-refractivity contribution in [3.05, 3.63) is 47.8 Å². The van der Waals surface area contributed by atoms with Crippen molar-refractivity contribution in [2.75, 3.05) is 39.8 Å². The van der Waals surface area contributed by atoms with Gasteiger partial charge in [-0.3, -0.25) is 4.79 Å². The zero-order chi connectivity index (χ0) is 20.6. The number of hydrogen-bond donors (Lipinski definition) is 0. The monoisotopic (exact) mass is 406 g/mol. The Morgan fingerprint density at radius 1 is 1.10 bits per heavy atom. The van der Waals surface area contributed by atoms with Crippen LogP contribution in [0.4, 0.5) is 0 Å². The fourth-order valence-corrected chi connectivity index (χ4v) is 5.12. The van der Waals surface area contributed by atoms with Crippen LogP contribution in [-0.4, -0.2) is 65.5 Å². The summed E-state index contributed by atoms with van der Waals surface area (Å²) < 4.78 is 6.38. The van der Waals surface area contributed by atoms with E-state index in [0.717, 1.165) is 75.4 Å². The quantitative estimate of drug-likeness (QED) is 0.768. The predicted molar refractivity (Wildman–Crippen MR) is 115 cm³/mol. The zero-order valence-corrected chi connectivity index (χ0v) is 17.7. The molecule has 0 unspecified atom stereocenters. The van der Waals surface area contributed by atoms with Crippen LogP contribution in [0.25, 0.3) is 11.4 Å². The average Bonchev–Trinajstić information content (AvgIpc) is 2.80. The molecule has 0 N–H and O–H groups in total. The Hall–Kier alpha value is -2.31. The maximum Gasteiger partial charge on any atom is 0.225 e. The second-order valence-corrected chi connectivity index (χ2v) is 8.93. The molecule has 6 heteroatoms. The summed E-state index contributed by atoms with van der Waals surface area (Å²) in [5, 5.41) is 0. The molecule has 2 fully saturated rings. The number of piperidine rings is 2. The van der Waals surface area contributed by atoms with Gasteiger partial charge in [0.15, 0.2) is 5.82 Å². The van der Waals surface area contributed by atoms with Crippen molar-refractivity contribution in [3.8, 4) is 11.4 Å². The van der Waals surface area contributed by atoms with Crippen molar-refractivity contribution in [1.29, 1.82) is 0 Å². The number of fused-ring (bicyclic) bond motifs is 2. The Balaban J connectivity index is 1.34. The van der Waals surface area contributed by atoms with Crippen molar-refractivity contribution in [1.82, 2.24) is 19.8 Å². The van der Waals surface area contributed by atoms with E-state index in [0.29, 0.717) is 12.5 Å². The van der Waals surface area contributed by atoms with E-state index in [2.05, 4.69) is 21.8 Å². The van der Waals surface area contributed by atoms with Gasteiger partial charge in [-0.25, -0.2) is 9.97 Å². The molecule has 1 aromatic heterocycles. The van der Waals surface area contributed by atoms with Crippen molar-refractivity contribution < 1.29 is 9.53 Å². The molecule has 30 heavy (non-hydrogen) atoms. The molecule has 2 aromatic rings. The third-order valence-electron chi connectivity index (χ3n) is 7.03. The summed E-state index contributed by atoms with van der Waals surface area (Å²) >= 11 is 0. The van der Waals surface area contributed by atoms with E-state index < -0.39 is 0 Å². The number of aromatic nitrogens is 2. The molecule has 4 heterocycles. The van der Waals surface area contributed by atoms with Crippen LogP contribution in [0.2, 0.25) is 0 Å². The highest BCUT2D eigenvalue weighted by Gasteiger charge is 2.44.